The molecular weight excluding hydrogens is 400 g/mol. The van der Waals surface area contributed by atoms with Crippen molar-refractivity contribution in [1.82, 2.24) is 14.3 Å². The summed E-state index contributed by atoms with van der Waals surface area (Å²) in [7, 11) is -3.56. The van der Waals surface area contributed by atoms with Gasteiger partial charge in [-0.25, -0.2) is 13.4 Å². The largest absolute Gasteiger partial charge is 0.368 e. The lowest BCUT2D eigenvalue weighted by atomic mass is 10.2. The van der Waals surface area contributed by atoms with Gasteiger partial charge in [-0.3, -0.25) is 9.20 Å². The standard InChI is InChI=1S/C19H19ClN4O3S/c1-28(26,27)19-21-17(16-7-2-3-8-24(16)19)18(25)23-11-9-22(10-12-23)15-6-4-5-14(20)13-15/h2-8,13H,9-12H2,1H3. The van der Waals surface area contributed by atoms with Gasteiger partial charge < -0.3 is 9.80 Å². The van der Waals surface area contributed by atoms with Crippen molar-refractivity contribution in [2.24, 2.45) is 0 Å². The molecule has 28 heavy (non-hydrogen) atoms. The van der Waals surface area contributed by atoms with E-state index < -0.39 is 9.84 Å². The van der Waals surface area contributed by atoms with E-state index in [1.54, 1.807) is 29.3 Å². The summed E-state index contributed by atoms with van der Waals surface area (Å²) >= 11 is 6.07. The van der Waals surface area contributed by atoms with Crippen molar-refractivity contribution < 1.29 is 13.2 Å². The van der Waals surface area contributed by atoms with E-state index in [-0.39, 0.29) is 16.8 Å². The van der Waals surface area contributed by atoms with Crippen LogP contribution in [0.25, 0.3) is 5.52 Å². The molecule has 9 heteroatoms. The zero-order valence-electron chi connectivity index (χ0n) is 15.2. The van der Waals surface area contributed by atoms with Crippen LogP contribution in [0.1, 0.15) is 10.5 Å². The van der Waals surface area contributed by atoms with Crippen LogP contribution in [0, 0.1) is 0 Å². The van der Waals surface area contributed by atoms with E-state index in [1.165, 1.54) is 4.40 Å². The number of carbonyl (C=O) groups excluding carboxylic acids is 1. The van der Waals surface area contributed by atoms with E-state index in [2.05, 4.69) is 9.88 Å². The molecule has 146 valence electrons. The van der Waals surface area contributed by atoms with Crippen LogP contribution in [0.15, 0.2) is 53.8 Å². The minimum absolute atomic E-state index is 0.121. The maximum absolute atomic E-state index is 13.1. The number of benzene rings is 1. The Labute approximate surface area is 168 Å². The second kappa shape index (κ2) is 7.10. The van der Waals surface area contributed by atoms with Gasteiger partial charge in [-0.05, 0) is 30.3 Å². The van der Waals surface area contributed by atoms with Crippen molar-refractivity contribution >= 4 is 38.5 Å². The highest BCUT2D eigenvalue weighted by molar-refractivity contribution is 7.90. The summed E-state index contributed by atoms with van der Waals surface area (Å²) in [5.74, 6) is -0.260. The molecule has 1 amide bonds. The molecule has 0 saturated carbocycles. The van der Waals surface area contributed by atoms with Crippen LogP contribution >= 0.6 is 11.6 Å². The summed E-state index contributed by atoms with van der Waals surface area (Å²) in [5.41, 5.74) is 1.67. The number of sulfone groups is 1. The molecule has 4 rings (SSSR count). The van der Waals surface area contributed by atoms with Gasteiger partial charge in [0.15, 0.2) is 5.69 Å². The highest BCUT2D eigenvalue weighted by Crippen LogP contribution is 2.23. The Kier molecular flexibility index (Phi) is 4.76. The van der Waals surface area contributed by atoms with E-state index in [9.17, 15) is 13.2 Å². The highest BCUT2D eigenvalue weighted by Gasteiger charge is 2.28. The minimum Gasteiger partial charge on any atom is -0.368 e. The number of anilines is 1. The van der Waals surface area contributed by atoms with Crippen molar-refractivity contribution in [3.05, 3.63) is 59.4 Å². The van der Waals surface area contributed by atoms with Gasteiger partial charge in [0.1, 0.15) is 0 Å². The fourth-order valence-electron chi connectivity index (χ4n) is 3.42. The lowest BCUT2D eigenvalue weighted by Crippen LogP contribution is -2.49. The van der Waals surface area contributed by atoms with Crippen LogP contribution in [0.3, 0.4) is 0 Å². The molecule has 0 spiro atoms. The quantitative estimate of drug-likeness (QED) is 0.652. The number of rotatable bonds is 3. The van der Waals surface area contributed by atoms with E-state index in [0.29, 0.717) is 36.7 Å². The number of hydrogen-bond acceptors (Lipinski definition) is 5. The van der Waals surface area contributed by atoms with Crippen molar-refractivity contribution in [3.63, 3.8) is 0 Å². The first kappa shape index (κ1) is 18.8. The van der Waals surface area contributed by atoms with Gasteiger partial charge in [0, 0.05) is 49.3 Å². The molecule has 7 nitrogen and oxygen atoms in total. The Morgan fingerprint density at radius 2 is 1.82 bits per heavy atom. The Hall–Kier alpha value is -2.58. The molecule has 2 aromatic heterocycles. The number of imidazole rings is 1. The summed E-state index contributed by atoms with van der Waals surface area (Å²) in [4.78, 5) is 21.1. The third-order valence-electron chi connectivity index (χ3n) is 4.79. The Morgan fingerprint density at radius 1 is 1.07 bits per heavy atom. The predicted octanol–water partition coefficient (Wildman–Crippen LogP) is 2.35. The summed E-state index contributed by atoms with van der Waals surface area (Å²) in [6, 6.07) is 12.8. The van der Waals surface area contributed by atoms with E-state index in [1.807, 2.05) is 24.3 Å². The second-order valence-electron chi connectivity index (χ2n) is 6.73. The van der Waals surface area contributed by atoms with Gasteiger partial charge in [-0.15, -0.1) is 0 Å². The normalized spacial score (nSPS) is 15.2. The molecule has 1 aromatic carbocycles. The van der Waals surface area contributed by atoms with Crippen LogP contribution in [0.4, 0.5) is 5.69 Å². The summed E-state index contributed by atoms with van der Waals surface area (Å²) in [6.45, 7) is 2.37. The van der Waals surface area contributed by atoms with Crippen molar-refractivity contribution in [2.75, 3.05) is 37.3 Å². The Bertz CT molecular complexity index is 1150. The lowest BCUT2D eigenvalue weighted by molar-refractivity contribution is 0.0743. The molecule has 1 aliphatic rings. The van der Waals surface area contributed by atoms with Gasteiger partial charge >= 0.3 is 0 Å². The number of halogens is 1. The molecular formula is C19H19ClN4O3S. The third-order valence-corrected chi connectivity index (χ3v) is 5.98. The molecule has 0 atom stereocenters. The summed E-state index contributed by atoms with van der Waals surface area (Å²) in [5, 5.41) is 0.554. The predicted molar refractivity (Wildman–Crippen MR) is 108 cm³/mol. The number of piperazine rings is 1. The first-order chi connectivity index (χ1) is 13.3. The zero-order chi connectivity index (χ0) is 19.9. The Balaban J connectivity index is 1.58. The minimum atomic E-state index is -3.56. The molecule has 0 radical (unpaired) electrons. The van der Waals surface area contributed by atoms with Crippen molar-refractivity contribution in [2.45, 2.75) is 5.16 Å². The number of pyridine rings is 1. The van der Waals surface area contributed by atoms with Crippen LogP contribution in [-0.2, 0) is 9.84 Å². The molecule has 1 fully saturated rings. The molecule has 3 aromatic rings. The number of aromatic nitrogens is 2. The molecule has 1 saturated heterocycles. The van der Waals surface area contributed by atoms with Gasteiger partial charge in [0.05, 0.1) is 5.52 Å². The van der Waals surface area contributed by atoms with Crippen LogP contribution in [-0.4, -0.2) is 61.0 Å². The maximum Gasteiger partial charge on any atom is 0.274 e. The molecule has 0 N–H and O–H groups in total. The topological polar surface area (TPSA) is 75.0 Å². The zero-order valence-corrected chi connectivity index (χ0v) is 16.8. The van der Waals surface area contributed by atoms with Crippen LogP contribution < -0.4 is 4.90 Å². The van der Waals surface area contributed by atoms with E-state index in [0.717, 1.165) is 11.9 Å². The molecule has 0 bridgehead atoms. The number of fused-ring (bicyclic) bond motifs is 1. The SMILES string of the molecule is CS(=O)(=O)c1nc(C(=O)N2CCN(c3cccc(Cl)c3)CC2)c2ccccn12. The fourth-order valence-corrected chi connectivity index (χ4v) is 4.38. The summed E-state index contributed by atoms with van der Waals surface area (Å²) < 4.78 is 25.6. The van der Waals surface area contributed by atoms with Crippen LogP contribution in [0.5, 0.6) is 0 Å². The van der Waals surface area contributed by atoms with E-state index >= 15 is 0 Å². The number of nitrogens with zero attached hydrogens (tertiary/aromatic N) is 4. The number of hydrogen-bond donors (Lipinski definition) is 0. The van der Waals surface area contributed by atoms with Crippen molar-refractivity contribution in [1.29, 1.82) is 0 Å². The molecule has 0 aliphatic carbocycles. The Morgan fingerprint density at radius 3 is 2.50 bits per heavy atom. The van der Waals surface area contributed by atoms with Gasteiger partial charge in [-0.2, -0.15) is 0 Å². The average molecular weight is 419 g/mol. The average Bonchev–Trinajstić information content (AvgIpc) is 3.08. The van der Waals surface area contributed by atoms with Gasteiger partial charge in [-0.1, -0.05) is 23.7 Å². The lowest BCUT2D eigenvalue weighted by Gasteiger charge is -2.36. The van der Waals surface area contributed by atoms with Gasteiger partial charge in [0.25, 0.3) is 5.91 Å². The highest BCUT2D eigenvalue weighted by atomic mass is 35.5. The maximum atomic E-state index is 13.1. The van der Waals surface area contributed by atoms with Gasteiger partial charge in [0.2, 0.25) is 15.0 Å². The van der Waals surface area contributed by atoms with Crippen LogP contribution in [0.2, 0.25) is 5.02 Å². The van der Waals surface area contributed by atoms with E-state index in [4.69, 9.17) is 11.6 Å². The first-order valence-corrected chi connectivity index (χ1v) is 11.1. The summed E-state index contributed by atoms with van der Waals surface area (Å²) in [6.07, 6.45) is 2.69. The smallest absolute Gasteiger partial charge is 0.274 e. The molecule has 1 aliphatic heterocycles. The third kappa shape index (κ3) is 3.45. The molecule has 3 heterocycles. The monoisotopic (exact) mass is 418 g/mol. The van der Waals surface area contributed by atoms with Crippen molar-refractivity contribution in [3.8, 4) is 0 Å². The second-order valence-corrected chi connectivity index (χ2v) is 9.08. The number of carbonyl (C=O) groups is 1. The molecule has 0 unspecified atom stereocenters. The number of amides is 1. The fraction of sp³-hybridized carbons (Fsp3) is 0.263. The first-order valence-electron chi connectivity index (χ1n) is 8.81.